The van der Waals surface area contributed by atoms with Crippen LogP contribution in [0.1, 0.15) is 10.4 Å². The lowest BCUT2D eigenvalue weighted by molar-refractivity contribution is 0.0950. The topological polar surface area (TPSA) is 47.8 Å². The molecule has 0 bridgehead atoms. The van der Waals surface area contributed by atoms with Crippen molar-refractivity contribution in [2.45, 2.75) is 0 Å². The van der Waals surface area contributed by atoms with Crippen LogP contribution in [-0.4, -0.2) is 20.9 Å². The summed E-state index contributed by atoms with van der Waals surface area (Å²) >= 11 is 5.94. The number of carbonyl (C=O) groups is 1. The standard InChI is InChI=1S/C17H10ClN3O/c18-12-8-9-16-15(10-12)19-20-21(16)17(22)14-7-3-5-11-4-1-2-6-13(11)14/h1-10H. The van der Waals surface area contributed by atoms with Gasteiger partial charge in [-0.05, 0) is 35.0 Å². The number of hydrogen-bond acceptors (Lipinski definition) is 3. The van der Waals surface area contributed by atoms with Crippen LogP contribution in [0.25, 0.3) is 21.8 Å². The molecule has 1 aromatic heterocycles. The second kappa shape index (κ2) is 4.93. The highest BCUT2D eigenvalue weighted by Crippen LogP contribution is 2.22. The Kier molecular flexibility index (Phi) is 2.91. The highest BCUT2D eigenvalue weighted by Gasteiger charge is 2.16. The predicted molar refractivity (Wildman–Crippen MR) is 86.2 cm³/mol. The van der Waals surface area contributed by atoms with Crippen LogP contribution in [0.15, 0.2) is 60.7 Å². The first-order valence-electron chi connectivity index (χ1n) is 6.77. The van der Waals surface area contributed by atoms with E-state index < -0.39 is 0 Å². The normalized spacial score (nSPS) is 11.1. The lowest BCUT2D eigenvalue weighted by Gasteiger charge is -2.05. The van der Waals surface area contributed by atoms with Gasteiger partial charge < -0.3 is 0 Å². The molecule has 0 aliphatic carbocycles. The van der Waals surface area contributed by atoms with Crippen LogP contribution >= 0.6 is 11.6 Å². The number of fused-ring (bicyclic) bond motifs is 2. The van der Waals surface area contributed by atoms with Crippen LogP contribution < -0.4 is 0 Å². The van der Waals surface area contributed by atoms with Gasteiger partial charge in [-0.1, -0.05) is 53.2 Å². The third kappa shape index (κ3) is 1.96. The number of hydrogen-bond donors (Lipinski definition) is 0. The van der Waals surface area contributed by atoms with E-state index in [0.717, 1.165) is 10.8 Å². The van der Waals surface area contributed by atoms with E-state index in [1.54, 1.807) is 24.3 Å². The first kappa shape index (κ1) is 13.0. The van der Waals surface area contributed by atoms with Crippen molar-refractivity contribution in [3.63, 3.8) is 0 Å². The molecule has 3 aromatic carbocycles. The number of rotatable bonds is 1. The van der Waals surface area contributed by atoms with Gasteiger partial charge in [-0.2, -0.15) is 4.68 Å². The van der Waals surface area contributed by atoms with Gasteiger partial charge in [0.25, 0.3) is 5.91 Å². The van der Waals surface area contributed by atoms with Gasteiger partial charge in [-0.3, -0.25) is 4.79 Å². The van der Waals surface area contributed by atoms with Gasteiger partial charge in [0.2, 0.25) is 0 Å². The zero-order chi connectivity index (χ0) is 15.1. The first-order chi connectivity index (χ1) is 10.7. The molecule has 1 heterocycles. The molecule has 5 heteroatoms. The van der Waals surface area contributed by atoms with Crippen LogP contribution in [0.4, 0.5) is 0 Å². The Morgan fingerprint density at radius 1 is 1.00 bits per heavy atom. The minimum absolute atomic E-state index is 0.207. The summed E-state index contributed by atoms with van der Waals surface area (Å²) < 4.78 is 1.31. The molecular formula is C17H10ClN3O. The molecular weight excluding hydrogens is 298 g/mol. The summed E-state index contributed by atoms with van der Waals surface area (Å²) in [6.07, 6.45) is 0. The Bertz CT molecular complexity index is 1020. The van der Waals surface area contributed by atoms with E-state index >= 15 is 0 Å². The number of nitrogens with zero attached hydrogens (tertiary/aromatic N) is 3. The van der Waals surface area contributed by atoms with E-state index in [4.69, 9.17) is 11.6 Å². The second-order valence-corrected chi connectivity index (χ2v) is 5.40. The summed E-state index contributed by atoms with van der Waals surface area (Å²) in [5, 5.41) is 10.5. The summed E-state index contributed by atoms with van der Waals surface area (Å²) in [7, 11) is 0. The Balaban J connectivity index is 1.92. The van der Waals surface area contributed by atoms with E-state index in [1.165, 1.54) is 4.68 Å². The maximum atomic E-state index is 12.8. The lowest BCUT2D eigenvalue weighted by Crippen LogP contribution is -2.14. The van der Waals surface area contributed by atoms with Gasteiger partial charge in [-0.25, -0.2) is 0 Å². The van der Waals surface area contributed by atoms with Crippen LogP contribution in [0.2, 0.25) is 5.02 Å². The van der Waals surface area contributed by atoms with Gasteiger partial charge in [0.05, 0.1) is 5.52 Å². The molecule has 0 amide bonds. The molecule has 0 fully saturated rings. The Labute approximate surface area is 130 Å². The smallest absolute Gasteiger partial charge is 0.267 e. The average molecular weight is 308 g/mol. The van der Waals surface area contributed by atoms with Gasteiger partial charge in [0.15, 0.2) is 0 Å². The van der Waals surface area contributed by atoms with Crippen LogP contribution in [0, 0.1) is 0 Å². The number of aromatic nitrogens is 3. The first-order valence-corrected chi connectivity index (χ1v) is 7.15. The van der Waals surface area contributed by atoms with Gasteiger partial charge in [0, 0.05) is 10.6 Å². The van der Waals surface area contributed by atoms with Crippen molar-refractivity contribution in [2.75, 3.05) is 0 Å². The van der Waals surface area contributed by atoms with E-state index in [1.807, 2.05) is 36.4 Å². The highest BCUT2D eigenvalue weighted by molar-refractivity contribution is 6.31. The molecule has 0 aliphatic rings. The van der Waals surface area contributed by atoms with E-state index in [9.17, 15) is 4.79 Å². The van der Waals surface area contributed by atoms with Crippen LogP contribution in [0.3, 0.4) is 0 Å². The van der Waals surface area contributed by atoms with Gasteiger partial charge in [0.1, 0.15) is 5.52 Å². The molecule has 0 N–H and O–H groups in total. The maximum Gasteiger partial charge on any atom is 0.280 e. The van der Waals surface area contributed by atoms with Crippen molar-refractivity contribution in [3.8, 4) is 0 Å². The van der Waals surface area contributed by atoms with Crippen molar-refractivity contribution in [1.29, 1.82) is 0 Å². The van der Waals surface area contributed by atoms with Crippen molar-refractivity contribution in [1.82, 2.24) is 15.0 Å². The Morgan fingerprint density at radius 3 is 2.73 bits per heavy atom. The van der Waals surface area contributed by atoms with Crippen LogP contribution in [-0.2, 0) is 0 Å². The summed E-state index contributed by atoms with van der Waals surface area (Å²) in [4.78, 5) is 12.8. The summed E-state index contributed by atoms with van der Waals surface area (Å²) in [6, 6.07) is 18.6. The third-order valence-electron chi connectivity index (χ3n) is 3.62. The fraction of sp³-hybridized carbons (Fsp3) is 0. The Morgan fingerprint density at radius 2 is 1.82 bits per heavy atom. The summed E-state index contributed by atoms with van der Waals surface area (Å²) in [6.45, 7) is 0. The molecule has 0 unspecified atom stereocenters. The number of carbonyl (C=O) groups excluding carboxylic acids is 1. The molecule has 0 saturated carbocycles. The molecule has 4 aromatic rings. The molecule has 0 radical (unpaired) electrons. The molecule has 0 saturated heterocycles. The van der Waals surface area contributed by atoms with E-state index in [2.05, 4.69) is 10.3 Å². The number of benzene rings is 3. The van der Waals surface area contributed by atoms with Crippen LogP contribution in [0.5, 0.6) is 0 Å². The van der Waals surface area contributed by atoms with Gasteiger partial charge in [-0.15, -0.1) is 5.10 Å². The largest absolute Gasteiger partial charge is 0.280 e. The fourth-order valence-electron chi connectivity index (χ4n) is 2.57. The lowest BCUT2D eigenvalue weighted by atomic mass is 10.0. The maximum absolute atomic E-state index is 12.8. The minimum Gasteiger partial charge on any atom is -0.267 e. The zero-order valence-electron chi connectivity index (χ0n) is 11.4. The SMILES string of the molecule is O=C(c1cccc2ccccc12)n1nnc2cc(Cl)ccc21. The van der Waals surface area contributed by atoms with Gasteiger partial charge >= 0.3 is 0 Å². The van der Waals surface area contributed by atoms with E-state index in [-0.39, 0.29) is 5.91 Å². The molecule has 4 rings (SSSR count). The molecule has 0 atom stereocenters. The quantitative estimate of drug-likeness (QED) is 0.535. The van der Waals surface area contributed by atoms with Crippen molar-refractivity contribution >= 4 is 39.3 Å². The molecule has 0 spiro atoms. The second-order valence-electron chi connectivity index (χ2n) is 4.97. The number of halogens is 1. The molecule has 4 nitrogen and oxygen atoms in total. The zero-order valence-corrected chi connectivity index (χ0v) is 12.2. The van der Waals surface area contributed by atoms with Crippen molar-refractivity contribution in [3.05, 3.63) is 71.2 Å². The monoisotopic (exact) mass is 307 g/mol. The fourth-order valence-corrected chi connectivity index (χ4v) is 2.74. The third-order valence-corrected chi connectivity index (χ3v) is 3.86. The summed E-state index contributed by atoms with van der Waals surface area (Å²) in [5.41, 5.74) is 1.84. The minimum atomic E-state index is -0.207. The van der Waals surface area contributed by atoms with Crippen molar-refractivity contribution < 1.29 is 4.79 Å². The Hall–Kier alpha value is -2.72. The summed E-state index contributed by atoms with van der Waals surface area (Å²) in [5.74, 6) is -0.207. The van der Waals surface area contributed by atoms with Crippen molar-refractivity contribution in [2.24, 2.45) is 0 Å². The average Bonchev–Trinajstić information content (AvgIpc) is 2.96. The molecule has 0 aliphatic heterocycles. The van der Waals surface area contributed by atoms with E-state index in [0.29, 0.717) is 21.6 Å². The highest BCUT2D eigenvalue weighted by atomic mass is 35.5. The predicted octanol–water partition coefficient (Wildman–Crippen LogP) is 3.93. The molecule has 22 heavy (non-hydrogen) atoms. The molecule has 106 valence electrons.